The van der Waals surface area contributed by atoms with Gasteiger partial charge in [-0.1, -0.05) is 0 Å². The Bertz CT molecular complexity index is 1360. The molecular formula is C21H19F2N5O5S. The van der Waals surface area contributed by atoms with Crippen molar-refractivity contribution in [2.75, 3.05) is 11.8 Å². The smallest absolute Gasteiger partial charge is 0.416 e. The fourth-order valence-corrected chi connectivity index (χ4v) is 3.79. The highest BCUT2D eigenvalue weighted by Crippen LogP contribution is 2.39. The number of amides is 1. The highest BCUT2D eigenvalue weighted by molar-refractivity contribution is 7.90. The van der Waals surface area contributed by atoms with E-state index in [1.54, 1.807) is 19.1 Å². The van der Waals surface area contributed by atoms with Crippen LogP contribution in [0.1, 0.15) is 24.1 Å². The first-order chi connectivity index (χ1) is 16.2. The lowest BCUT2D eigenvalue weighted by Crippen LogP contribution is -2.39. The summed E-state index contributed by atoms with van der Waals surface area (Å²) >= 11 is 0. The van der Waals surface area contributed by atoms with Gasteiger partial charge in [0.2, 0.25) is 5.88 Å². The monoisotopic (exact) mass is 491 g/mol. The molecule has 0 fully saturated rings. The maximum atomic E-state index is 14.9. The molecule has 1 aromatic carbocycles. The minimum atomic E-state index is -3.98. The van der Waals surface area contributed by atoms with Gasteiger partial charge in [0.05, 0.1) is 12.6 Å². The molecule has 1 aliphatic heterocycles. The molecule has 0 bridgehead atoms. The Morgan fingerprint density at radius 1 is 1.15 bits per heavy atom. The Labute approximate surface area is 193 Å². The van der Waals surface area contributed by atoms with Crippen molar-refractivity contribution >= 4 is 22.1 Å². The molecule has 0 spiro atoms. The number of halogens is 2. The average Bonchev–Trinajstić information content (AvgIpc) is 2.78. The second-order valence-electron chi connectivity index (χ2n) is 7.23. The Morgan fingerprint density at radius 2 is 1.91 bits per heavy atom. The molecule has 13 heteroatoms. The number of nitrogens with zero attached hydrogens (tertiary/aromatic N) is 3. The Kier molecular flexibility index (Phi) is 6.30. The summed E-state index contributed by atoms with van der Waals surface area (Å²) in [6, 6.07) is 7.88. The number of ether oxygens (including phenoxy) is 2. The van der Waals surface area contributed by atoms with Crippen molar-refractivity contribution in [1.29, 1.82) is 0 Å². The van der Waals surface area contributed by atoms with E-state index in [0.717, 1.165) is 13.1 Å². The van der Waals surface area contributed by atoms with Crippen molar-refractivity contribution in [3.8, 4) is 17.4 Å². The fraction of sp³-hybridized carbons (Fsp3) is 0.190. The summed E-state index contributed by atoms with van der Waals surface area (Å²) in [6.45, 7) is 1.53. The van der Waals surface area contributed by atoms with Crippen LogP contribution in [-0.2, 0) is 16.8 Å². The molecule has 1 amide bonds. The molecule has 2 N–H and O–H groups in total. The number of hydrogen-bond acceptors (Lipinski definition) is 7. The third-order valence-corrected chi connectivity index (χ3v) is 6.06. The predicted molar refractivity (Wildman–Crippen MR) is 116 cm³/mol. The van der Waals surface area contributed by atoms with Gasteiger partial charge in [0.15, 0.2) is 11.6 Å². The number of carbonyl (C=O) groups is 1. The summed E-state index contributed by atoms with van der Waals surface area (Å²) in [5.74, 6) is -1.37. The van der Waals surface area contributed by atoms with Gasteiger partial charge >= 0.3 is 6.09 Å². The number of benzene rings is 1. The van der Waals surface area contributed by atoms with Gasteiger partial charge in [0.1, 0.15) is 17.3 Å². The molecule has 1 aliphatic rings. The van der Waals surface area contributed by atoms with Gasteiger partial charge in [-0.05, 0) is 31.2 Å². The molecule has 3 aromatic rings. The topological polar surface area (TPSA) is 123 Å². The van der Waals surface area contributed by atoms with Gasteiger partial charge in [-0.2, -0.15) is 8.42 Å². The van der Waals surface area contributed by atoms with E-state index in [2.05, 4.69) is 9.97 Å². The van der Waals surface area contributed by atoms with Crippen LogP contribution in [0.3, 0.4) is 0 Å². The van der Waals surface area contributed by atoms with Crippen molar-refractivity contribution in [2.24, 2.45) is 0 Å². The highest BCUT2D eigenvalue weighted by Gasteiger charge is 2.33. The summed E-state index contributed by atoms with van der Waals surface area (Å²) in [6.07, 6.45) is 1.75. The third-order valence-electron chi connectivity index (χ3n) is 5.06. The summed E-state index contributed by atoms with van der Waals surface area (Å²) in [5.41, 5.74) is 0.665. The Morgan fingerprint density at radius 3 is 2.65 bits per heavy atom. The van der Waals surface area contributed by atoms with E-state index in [1.807, 2.05) is 9.44 Å². The molecule has 34 heavy (non-hydrogen) atoms. The zero-order valence-corrected chi connectivity index (χ0v) is 18.8. The predicted octanol–water partition coefficient (Wildman–Crippen LogP) is 3.50. The molecule has 178 valence electrons. The van der Waals surface area contributed by atoms with Crippen molar-refractivity contribution in [3.63, 3.8) is 0 Å². The number of nitrogens with one attached hydrogen (secondary N) is 2. The van der Waals surface area contributed by atoms with Crippen LogP contribution in [0.2, 0.25) is 0 Å². The lowest BCUT2D eigenvalue weighted by molar-refractivity contribution is 0.116. The Hall–Kier alpha value is -3.84. The first-order valence-corrected chi connectivity index (χ1v) is 11.4. The summed E-state index contributed by atoms with van der Waals surface area (Å²) in [7, 11) is -2.82. The van der Waals surface area contributed by atoms with Gasteiger partial charge < -0.3 is 9.47 Å². The highest BCUT2D eigenvalue weighted by atomic mass is 32.2. The zero-order chi connectivity index (χ0) is 24.5. The van der Waals surface area contributed by atoms with Crippen molar-refractivity contribution in [1.82, 2.24) is 19.6 Å². The van der Waals surface area contributed by atoms with E-state index < -0.39 is 39.8 Å². The van der Waals surface area contributed by atoms with Crippen LogP contribution in [0.5, 0.6) is 17.4 Å². The second kappa shape index (κ2) is 9.19. The number of rotatable bonds is 7. The molecule has 3 heterocycles. The van der Waals surface area contributed by atoms with E-state index >= 15 is 0 Å². The van der Waals surface area contributed by atoms with Crippen LogP contribution in [0.4, 0.5) is 19.4 Å². The van der Waals surface area contributed by atoms with Gasteiger partial charge in [0, 0.05) is 42.7 Å². The fourth-order valence-electron chi connectivity index (χ4n) is 3.29. The van der Waals surface area contributed by atoms with Crippen LogP contribution >= 0.6 is 0 Å². The van der Waals surface area contributed by atoms with Gasteiger partial charge in [-0.3, -0.25) is 9.62 Å². The number of fused-ring (bicyclic) bond motifs is 1. The molecular weight excluding hydrogens is 472 g/mol. The lowest BCUT2D eigenvalue weighted by atomic mass is 10.0. The van der Waals surface area contributed by atoms with Crippen molar-refractivity contribution < 1.29 is 31.5 Å². The Balaban J connectivity index is 1.55. The summed E-state index contributed by atoms with van der Waals surface area (Å²) in [4.78, 5) is 21.6. The number of aromatic nitrogens is 2. The normalized spacial score (nSPS) is 15.5. The molecule has 1 atom stereocenters. The molecule has 0 radical (unpaired) electrons. The molecule has 0 saturated heterocycles. The number of anilines is 1. The van der Waals surface area contributed by atoms with E-state index in [4.69, 9.17) is 9.47 Å². The van der Waals surface area contributed by atoms with Crippen molar-refractivity contribution in [2.45, 2.75) is 19.5 Å². The minimum Gasteiger partial charge on any atom is -0.439 e. The lowest BCUT2D eigenvalue weighted by Gasteiger charge is -2.34. The molecule has 0 unspecified atom stereocenters. The summed E-state index contributed by atoms with van der Waals surface area (Å²) in [5, 5.41) is 0. The van der Waals surface area contributed by atoms with Crippen LogP contribution < -0.4 is 18.9 Å². The average molecular weight is 491 g/mol. The minimum absolute atomic E-state index is 0.0354. The van der Waals surface area contributed by atoms with E-state index in [0.29, 0.717) is 5.56 Å². The van der Waals surface area contributed by atoms with E-state index in [-0.39, 0.29) is 29.5 Å². The molecule has 0 aliphatic carbocycles. The van der Waals surface area contributed by atoms with Gasteiger partial charge in [0.25, 0.3) is 10.2 Å². The van der Waals surface area contributed by atoms with Gasteiger partial charge in [-0.25, -0.2) is 28.3 Å². The van der Waals surface area contributed by atoms with Crippen LogP contribution in [0.15, 0.2) is 48.8 Å². The largest absolute Gasteiger partial charge is 0.439 e. The van der Waals surface area contributed by atoms with Crippen LogP contribution in [-0.4, -0.2) is 36.4 Å². The van der Waals surface area contributed by atoms with Gasteiger partial charge in [-0.15, -0.1) is 0 Å². The zero-order valence-electron chi connectivity index (χ0n) is 18.0. The number of pyridine rings is 2. The molecule has 2 aromatic heterocycles. The third kappa shape index (κ3) is 4.89. The maximum absolute atomic E-state index is 14.9. The first kappa shape index (κ1) is 23.3. The van der Waals surface area contributed by atoms with E-state index in [9.17, 15) is 22.0 Å². The molecule has 10 nitrogen and oxygen atoms in total. The quantitative estimate of drug-likeness (QED) is 0.519. The first-order valence-electron chi connectivity index (χ1n) is 9.93. The molecule has 4 rings (SSSR count). The maximum Gasteiger partial charge on any atom is 0.416 e. The summed E-state index contributed by atoms with van der Waals surface area (Å²) < 4.78 is 66.5. The van der Waals surface area contributed by atoms with E-state index in [1.165, 1.54) is 35.5 Å². The SMILES string of the molecule is CNS(=O)(=O)Nc1nccc(CN2C(=O)Oc3cc(Oc4cc(F)ccn4)ccc3[C@H]2C)c1F. The standard InChI is InChI=1S/C21H19F2N5O5S/c1-12-16-4-3-15(32-18-9-14(22)6-8-25-18)10-17(16)33-21(29)28(12)11-13-5-7-26-20(19(13)23)27-34(30,31)24-2/h3-10,12,24H,11H2,1-2H3,(H,26,27)/t12-/m1/s1. The van der Waals surface area contributed by atoms with Crippen LogP contribution in [0, 0.1) is 11.6 Å². The number of hydrogen-bond donors (Lipinski definition) is 2. The van der Waals surface area contributed by atoms with Crippen molar-refractivity contribution in [3.05, 3.63) is 71.6 Å². The molecule has 0 saturated carbocycles. The number of carbonyl (C=O) groups excluding carboxylic acids is 1. The van der Waals surface area contributed by atoms with Crippen LogP contribution in [0.25, 0.3) is 0 Å². The second-order valence-corrected chi connectivity index (χ2v) is 8.85.